The molecule has 0 unspecified atom stereocenters. The van der Waals surface area contributed by atoms with E-state index >= 15 is 0 Å². The Hall–Kier alpha value is -1.62. The molecule has 1 aromatic rings. The average molecular weight is 290 g/mol. The van der Waals surface area contributed by atoms with Crippen molar-refractivity contribution in [3.63, 3.8) is 0 Å². The lowest BCUT2D eigenvalue weighted by molar-refractivity contribution is -0.153. The number of benzene rings is 1. The highest BCUT2D eigenvalue weighted by Crippen LogP contribution is 2.44. The van der Waals surface area contributed by atoms with Crippen LogP contribution in [-0.4, -0.2) is 27.2 Å². The second-order valence-electron chi connectivity index (χ2n) is 6.27. The zero-order chi connectivity index (χ0) is 14.5. The fourth-order valence-corrected chi connectivity index (χ4v) is 3.86. The van der Waals surface area contributed by atoms with Gasteiger partial charge >= 0.3 is 5.97 Å². The summed E-state index contributed by atoms with van der Waals surface area (Å²) in [6, 6.07) is 9.17. The van der Waals surface area contributed by atoms with Crippen LogP contribution in [0, 0.1) is 0 Å². The molecule has 0 aliphatic carbocycles. The molecule has 0 radical (unpaired) electrons. The fourth-order valence-electron chi connectivity index (χ4n) is 3.29. The van der Waals surface area contributed by atoms with E-state index in [0.717, 1.165) is 5.56 Å². The molecule has 0 amide bonds. The molecule has 0 spiro atoms. The molecule has 2 heterocycles. The van der Waals surface area contributed by atoms with Gasteiger partial charge in [-0.05, 0) is 38.6 Å². The lowest BCUT2D eigenvalue weighted by Gasteiger charge is -2.48. The summed E-state index contributed by atoms with van der Waals surface area (Å²) in [5.74, 6) is -0.236. The standard InChI is InChI=1S/C15H18N2O2S/c1-14(2)9-15(3)17(13(20)16-14)11(12(18)19-15)10-7-5-4-6-8-10/h4-8,11H,9H2,1-3H3,(H,16,20)/t11-,15+/m1/s1. The van der Waals surface area contributed by atoms with Crippen LogP contribution < -0.4 is 5.32 Å². The fraction of sp³-hybridized carbons (Fsp3) is 0.467. The monoisotopic (exact) mass is 290 g/mol. The summed E-state index contributed by atoms with van der Waals surface area (Å²) in [6.07, 6.45) is 0.690. The van der Waals surface area contributed by atoms with Crippen molar-refractivity contribution >= 4 is 23.3 Å². The first kappa shape index (κ1) is 13.4. The number of rotatable bonds is 1. The van der Waals surface area contributed by atoms with E-state index in [4.69, 9.17) is 17.0 Å². The van der Waals surface area contributed by atoms with Crippen LogP contribution >= 0.6 is 12.2 Å². The molecular formula is C15H18N2O2S. The number of fused-ring (bicyclic) bond motifs is 1. The summed E-state index contributed by atoms with van der Waals surface area (Å²) in [7, 11) is 0. The van der Waals surface area contributed by atoms with Crippen LogP contribution in [0.2, 0.25) is 0 Å². The summed E-state index contributed by atoms with van der Waals surface area (Å²) in [6.45, 7) is 6.06. The first-order chi connectivity index (χ1) is 9.32. The first-order valence-electron chi connectivity index (χ1n) is 6.72. The van der Waals surface area contributed by atoms with E-state index in [1.54, 1.807) is 0 Å². The molecule has 0 bridgehead atoms. The Morgan fingerprint density at radius 2 is 1.95 bits per heavy atom. The normalized spacial score (nSPS) is 31.6. The number of ether oxygens (including phenoxy) is 1. The van der Waals surface area contributed by atoms with Gasteiger partial charge in [-0.1, -0.05) is 30.3 Å². The van der Waals surface area contributed by atoms with Gasteiger partial charge in [0.2, 0.25) is 0 Å². The Labute approximate surface area is 124 Å². The molecule has 0 saturated carbocycles. The van der Waals surface area contributed by atoms with Gasteiger partial charge in [0.05, 0.1) is 0 Å². The molecule has 3 rings (SSSR count). The third-order valence-electron chi connectivity index (χ3n) is 3.86. The van der Waals surface area contributed by atoms with Crippen LogP contribution in [0.5, 0.6) is 0 Å². The van der Waals surface area contributed by atoms with Gasteiger partial charge in [0.1, 0.15) is 0 Å². The Balaban J connectivity index is 2.03. The smallest absolute Gasteiger partial charge is 0.335 e. The molecule has 2 aliphatic rings. The van der Waals surface area contributed by atoms with E-state index in [1.165, 1.54) is 0 Å². The van der Waals surface area contributed by atoms with E-state index < -0.39 is 11.8 Å². The molecule has 106 valence electrons. The zero-order valence-electron chi connectivity index (χ0n) is 11.8. The zero-order valence-corrected chi connectivity index (χ0v) is 12.7. The average Bonchev–Trinajstić information content (AvgIpc) is 2.59. The van der Waals surface area contributed by atoms with Gasteiger partial charge in [0, 0.05) is 12.0 Å². The second kappa shape index (κ2) is 4.19. The van der Waals surface area contributed by atoms with Gasteiger partial charge < -0.3 is 10.1 Å². The number of nitrogens with zero attached hydrogens (tertiary/aromatic N) is 1. The van der Waals surface area contributed by atoms with Crippen LogP contribution in [0.4, 0.5) is 0 Å². The molecule has 2 aliphatic heterocycles. The molecule has 5 heteroatoms. The Kier molecular flexibility index (Phi) is 2.80. The minimum absolute atomic E-state index is 0.186. The predicted molar refractivity (Wildman–Crippen MR) is 79.9 cm³/mol. The van der Waals surface area contributed by atoms with Crippen LogP contribution in [-0.2, 0) is 9.53 Å². The van der Waals surface area contributed by atoms with Crippen molar-refractivity contribution in [1.82, 2.24) is 10.2 Å². The Bertz CT molecular complexity index is 572. The van der Waals surface area contributed by atoms with Crippen LogP contribution in [0.15, 0.2) is 30.3 Å². The summed E-state index contributed by atoms with van der Waals surface area (Å²) in [5.41, 5.74) is 0.0440. The van der Waals surface area contributed by atoms with Crippen LogP contribution in [0.3, 0.4) is 0 Å². The highest BCUT2D eigenvalue weighted by Gasteiger charge is 2.57. The van der Waals surface area contributed by atoms with E-state index in [-0.39, 0.29) is 11.5 Å². The molecule has 2 fully saturated rings. The highest BCUT2D eigenvalue weighted by atomic mass is 32.1. The van der Waals surface area contributed by atoms with Crippen molar-refractivity contribution in [2.24, 2.45) is 0 Å². The maximum Gasteiger partial charge on any atom is 0.335 e. The molecule has 4 nitrogen and oxygen atoms in total. The molecular weight excluding hydrogens is 272 g/mol. The Morgan fingerprint density at radius 3 is 2.60 bits per heavy atom. The number of nitrogens with one attached hydrogen (secondary N) is 1. The minimum Gasteiger partial charge on any atom is -0.437 e. The summed E-state index contributed by atoms with van der Waals surface area (Å²) in [4.78, 5) is 14.2. The van der Waals surface area contributed by atoms with E-state index in [0.29, 0.717) is 11.5 Å². The number of carbonyl (C=O) groups is 1. The van der Waals surface area contributed by atoms with E-state index in [9.17, 15) is 4.79 Å². The van der Waals surface area contributed by atoms with Crippen molar-refractivity contribution in [3.05, 3.63) is 35.9 Å². The maximum absolute atomic E-state index is 12.4. The van der Waals surface area contributed by atoms with Gasteiger partial charge in [-0.15, -0.1) is 0 Å². The van der Waals surface area contributed by atoms with Crippen molar-refractivity contribution in [2.45, 2.75) is 44.5 Å². The quantitative estimate of drug-likeness (QED) is 0.635. The number of thiocarbonyl (C=S) groups is 1. The molecule has 20 heavy (non-hydrogen) atoms. The van der Waals surface area contributed by atoms with E-state index in [1.807, 2.05) is 42.2 Å². The molecule has 1 aromatic carbocycles. The van der Waals surface area contributed by atoms with Crippen molar-refractivity contribution in [3.8, 4) is 0 Å². The number of hydrogen-bond acceptors (Lipinski definition) is 3. The summed E-state index contributed by atoms with van der Waals surface area (Å²) >= 11 is 5.48. The summed E-state index contributed by atoms with van der Waals surface area (Å²) in [5, 5.41) is 3.87. The van der Waals surface area contributed by atoms with Gasteiger partial charge in [-0.25, -0.2) is 4.79 Å². The summed E-state index contributed by atoms with van der Waals surface area (Å²) < 4.78 is 5.69. The van der Waals surface area contributed by atoms with Gasteiger partial charge in [0.25, 0.3) is 0 Å². The van der Waals surface area contributed by atoms with Gasteiger partial charge in [0.15, 0.2) is 16.9 Å². The maximum atomic E-state index is 12.4. The highest BCUT2D eigenvalue weighted by molar-refractivity contribution is 7.80. The number of carbonyl (C=O) groups excluding carboxylic acids is 1. The molecule has 0 aromatic heterocycles. The van der Waals surface area contributed by atoms with Crippen molar-refractivity contribution in [2.75, 3.05) is 0 Å². The topological polar surface area (TPSA) is 41.6 Å². The first-order valence-corrected chi connectivity index (χ1v) is 7.13. The van der Waals surface area contributed by atoms with Crippen LogP contribution in [0.1, 0.15) is 38.8 Å². The van der Waals surface area contributed by atoms with Gasteiger partial charge in [-0.2, -0.15) is 0 Å². The minimum atomic E-state index is -0.677. The largest absolute Gasteiger partial charge is 0.437 e. The third-order valence-corrected chi connectivity index (χ3v) is 4.16. The molecule has 1 N–H and O–H groups in total. The molecule has 2 atom stereocenters. The second-order valence-corrected chi connectivity index (χ2v) is 6.66. The van der Waals surface area contributed by atoms with Gasteiger partial charge in [-0.3, -0.25) is 4.90 Å². The van der Waals surface area contributed by atoms with Crippen molar-refractivity contribution in [1.29, 1.82) is 0 Å². The number of hydrogen-bond donors (Lipinski definition) is 1. The lowest BCUT2D eigenvalue weighted by Crippen LogP contribution is -2.64. The Morgan fingerprint density at radius 1 is 1.30 bits per heavy atom. The van der Waals surface area contributed by atoms with E-state index in [2.05, 4.69) is 19.2 Å². The lowest BCUT2D eigenvalue weighted by atomic mass is 9.89. The van der Waals surface area contributed by atoms with Crippen molar-refractivity contribution < 1.29 is 9.53 Å². The SMILES string of the molecule is CC1(C)C[C@]2(C)OC(=O)[C@@H](c3ccccc3)N2C(=S)N1. The predicted octanol–water partition coefficient (Wildman–Crippen LogP) is 2.36. The third kappa shape index (κ3) is 1.97. The number of esters is 1. The van der Waals surface area contributed by atoms with Crippen LogP contribution in [0.25, 0.3) is 0 Å². The molecule has 2 saturated heterocycles.